The molecular formula is C33H38N2O3S. The first-order valence-corrected chi connectivity index (χ1v) is 15.5. The Morgan fingerprint density at radius 3 is 2.03 bits per heavy atom. The summed E-state index contributed by atoms with van der Waals surface area (Å²) < 4.78 is 26.9. The molecular weight excluding hydrogens is 504 g/mol. The van der Waals surface area contributed by atoms with Crippen LogP contribution in [0.15, 0.2) is 91.0 Å². The number of rotatable bonds is 11. The fraction of sp³-hybridized carbons (Fsp3) is 0.303. The van der Waals surface area contributed by atoms with Crippen LogP contribution in [0.1, 0.15) is 61.3 Å². The molecule has 0 atom stereocenters. The molecule has 0 spiro atoms. The molecule has 0 radical (unpaired) electrons. The Labute approximate surface area is 233 Å². The maximum absolute atomic E-state index is 12.4. The van der Waals surface area contributed by atoms with Crippen LogP contribution in [-0.2, 0) is 14.8 Å². The number of piperidine rings is 1. The van der Waals surface area contributed by atoms with Gasteiger partial charge in [0.05, 0.1) is 5.75 Å². The molecule has 0 aromatic heterocycles. The van der Waals surface area contributed by atoms with E-state index in [1.165, 1.54) is 42.0 Å². The standard InChI is InChI=1S/C33H38N2O3S/c1-2-31(28-13-6-3-7-14-28)33(29-15-8-4-9-16-29)30-20-17-27(18-21-30)19-22-32(36)34-39(37,38)26-12-25-35-23-10-5-11-24-35/h3-4,6-9,13-22H,2,5,10-12,23-26H2,1H3,(H,34,36)/b22-19+,33-31-. The quantitative estimate of drug-likeness (QED) is 0.225. The topological polar surface area (TPSA) is 66.5 Å². The zero-order valence-corrected chi connectivity index (χ0v) is 23.5. The number of carbonyl (C=O) groups is 1. The third-order valence-corrected chi connectivity index (χ3v) is 8.40. The van der Waals surface area contributed by atoms with Gasteiger partial charge in [0.2, 0.25) is 10.0 Å². The van der Waals surface area contributed by atoms with E-state index in [2.05, 4.69) is 65.1 Å². The normalized spacial score (nSPS) is 15.2. The number of amides is 1. The molecule has 1 N–H and O–H groups in total. The molecule has 0 unspecified atom stereocenters. The summed E-state index contributed by atoms with van der Waals surface area (Å²) in [7, 11) is -3.66. The first-order valence-electron chi connectivity index (χ1n) is 13.8. The summed E-state index contributed by atoms with van der Waals surface area (Å²) in [6, 6.07) is 28.8. The first-order chi connectivity index (χ1) is 18.9. The van der Waals surface area contributed by atoms with Gasteiger partial charge < -0.3 is 4.90 Å². The van der Waals surface area contributed by atoms with Crippen molar-refractivity contribution in [3.8, 4) is 0 Å². The van der Waals surface area contributed by atoms with Gasteiger partial charge in [-0.2, -0.15) is 0 Å². The predicted octanol–water partition coefficient (Wildman–Crippen LogP) is 6.39. The van der Waals surface area contributed by atoms with E-state index < -0.39 is 15.9 Å². The molecule has 1 heterocycles. The molecule has 3 aromatic carbocycles. The van der Waals surface area contributed by atoms with Crippen LogP contribution in [0, 0.1) is 0 Å². The number of sulfonamides is 1. The third-order valence-electron chi connectivity index (χ3n) is 7.06. The summed E-state index contributed by atoms with van der Waals surface area (Å²) in [4.78, 5) is 14.6. The predicted molar refractivity (Wildman–Crippen MR) is 161 cm³/mol. The highest BCUT2D eigenvalue weighted by atomic mass is 32.2. The van der Waals surface area contributed by atoms with Gasteiger partial charge in [-0.3, -0.25) is 4.79 Å². The molecule has 204 valence electrons. The minimum absolute atomic E-state index is 0.0481. The number of allylic oxidation sites excluding steroid dienone is 1. The van der Waals surface area contributed by atoms with Crippen molar-refractivity contribution in [2.24, 2.45) is 0 Å². The van der Waals surface area contributed by atoms with Gasteiger partial charge in [-0.15, -0.1) is 0 Å². The second-order valence-electron chi connectivity index (χ2n) is 9.94. The fourth-order valence-electron chi connectivity index (χ4n) is 5.12. The van der Waals surface area contributed by atoms with Gasteiger partial charge in [-0.1, -0.05) is 98.3 Å². The van der Waals surface area contributed by atoms with E-state index in [4.69, 9.17) is 0 Å². The Morgan fingerprint density at radius 1 is 0.821 bits per heavy atom. The van der Waals surface area contributed by atoms with Crippen LogP contribution in [0.25, 0.3) is 17.2 Å². The number of hydrogen-bond donors (Lipinski definition) is 1. The summed E-state index contributed by atoms with van der Waals surface area (Å²) in [5, 5.41) is 0. The SMILES string of the molecule is CC/C(=C(\c1ccccc1)c1ccc(/C=C/C(=O)NS(=O)(=O)CCCN2CCCCC2)cc1)c1ccccc1. The molecule has 4 rings (SSSR count). The average Bonchev–Trinajstić information content (AvgIpc) is 2.96. The molecule has 0 bridgehead atoms. The van der Waals surface area contributed by atoms with Gasteiger partial charge in [0.25, 0.3) is 5.91 Å². The molecule has 5 nitrogen and oxygen atoms in total. The van der Waals surface area contributed by atoms with Crippen molar-refractivity contribution in [1.29, 1.82) is 0 Å². The van der Waals surface area contributed by atoms with Crippen molar-refractivity contribution >= 4 is 33.2 Å². The highest BCUT2D eigenvalue weighted by molar-refractivity contribution is 7.90. The maximum Gasteiger partial charge on any atom is 0.257 e. The van der Waals surface area contributed by atoms with Gasteiger partial charge in [0, 0.05) is 6.08 Å². The van der Waals surface area contributed by atoms with Gasteiger partial charge >= 0.3 is 0 Å². The van der Waals surface area contributed by atoms with Crippen LogP contribution < -0.4 is 4.72 Å². The van der Waals surface area contributed by atoms with E-state index in [9.17, 15) is 13.2 Å². The monoisotopic (exact) mass is 542 g/mol. The second-order valence-corrected chi connectivity index (χ2v) is 11.8. The van der Waals surface area contributed by atoms with Gasteiger partial charge in [0.15, 0.2) is 0 Å². The summed E-state index contributed by atoms with van der Waals surface area (Å²) in [6.45, 7) is 4.98. The van der Waals surface area contributed by atoms with Crippen molar-refractivity contribution in [1.82, 2.24) is 9.62 Å². The summed E-state index contributed by atoms with van der Waals surface area (Å²) in [5.41, 5.74) is 6.67. The molecule has 39 heavy (non-hydrogen) atoms. The minimum atomic E-state index is -3.66. The summed E-state index contributed by atoms with van der Waals surface area (Å²) in [5.74, 6) is -0.674. The molecule has 1 aliphatic rings. The molecule has 3 aromatic rings. The highest BCUT2D eigenvalue weighted by Gasteiger charge is 2.16. The Kier molecular flexibility index (Phi) is 10.3. The van der Waals surface area contributed by atoms with Crippen molar-refractivity contribution < 1.29 is 13.2 Å². The lowest BCUT2D eigenvalue weighted by Gasteiger charge is -2.26. The molecule has 0 saturated carbocycles. The van der Waals surface area contributed by atoms with Crippen LogP contribution in [0.4, 0.5) is 0 Å². The van der Waals surface area contributed by atoms with Crippen LogP contribution in [-0.4, -0.2) is 44.6 Å². The van der Waals surface area contributed by atoms with Crippen LogP contribution in [0.2, 0.25) is 0 Å². The Balaban J connectivity index is 1.44. The van der Waals surface area contributed by atoms with E-state index in [1.54, 1.807) is 6.08 Å². The van der Waals surface area contributed by atoms with Gasteiger partial charge in [0.1, 0.15) is 0 Å². The Bertz CT molecular complexity index is 1370. The minimum Gasteiger partial charge on any atom is -0.303 e. The number of likely N-dealkylation sites (tertiary alicyclic amines) is 1. The number of nitrogens with one attached hydrogen (secondary N) is 1. The van der Waals surface area contributed by atoms with E-state index >= 15 is 0 Å². The Hall–Kier alpha value is -3.48. The molecule has 6 heteroatoms. The zero-order chi connectivity index (χ0) is 27.5. The van der Waals surface area contributed by atoms with E-state index in [1.807, 2.05) is 36.4 Å². The largest absolute Gasteiger partial charge is 0.303 e. The fourth-order valence-corrected chi connectivity index (χ4v) is 6.10. The first kappa shape index (κ1) is 28.5. The van der Waals surface area contributed by atoms with Crippen molar-refractivity contribution in [2.75, 3.05) is 25.4 Å². The lowest BCUT2D eigenvalue weighted by atomic mass is 9.88. The van der Waals surface area contributed by atoms with Crippen molar-refractivity contribution in [2.45, 2.75) is 39.0 Å². The number of nitrogens with zero attached hydrogens (tertiary/aromatic N) is 1. The van der Waals surface area contributed by atoms with Gasteiger partial charge in [-0.05, 0) is 84.8 Å². The molecule has 0 aliphatic carbocycles. The zero-order valence-electron chi connectivity index (χ0n) is 22.7. The van der Waals surface area contributed by atoms with Crippen molar-refractivity contribution in [3.63, 3.8) is 0 Å². The number of benzene rings is 3. The van der Waals surface area contributed by atoms with E-state index in [0.29, 0.717) is 6.42 Å². The van der Waals surface area contributed by atoms with Crippen LogP contribution in [0.3, 0.4) is 0 Å². The number of hydrogen-bond acceptors (Lipinski definition) is 4. The van der Waals surface area contributed by atoms with E-state index in [0.717, 1.165) is 42.7 Å². The molecule has 1 fully saturated rings. The van der Waals surface area contributed by atoms with Gasteiger partial charge in [-0.25, -0.2) is 13.1 Å². The number of carbonyl (C=O) groups excluding carboxylic acids is 1. The second kappa shape index (κ2) is 14.1. The van der Waals surface area contributed by atoms with Crippen LogP contribution >= 0.6 is 0 Å². The molecule has 1 saturated heterocycles. The van der Waals surface area contributed by atoms with Crippen LogP contribution in [0.5, 0.6) is 0 Å². The van der Waals surface area contributed by atoms with Crippen molar-refractivity contribution in [3.05, 3.63) is 113 Å². The summed E-state index contributed by atoms with van der Waals surface area (Å²) in [6.07, 6.45) is 7.92. The maximum atomic E-state index is 12.4. The molecule has 1 amide bonds. The average molecular weight is 543 g/mol. The summed E-state index contributed by atoms with van der Waals surface area (Å²) >= 11 is 0. The highest BCUT2D eigenvalue weighted by Crippen LogP contribution is 2.34. The Morgan fingerprint density at radius 2 is 1.41 bits per heavy atom. The lowest BCUT2D eigenvalue weighted by molar-refractivity contribution is -0.114. The lowest BCUT2D eigenvalue weighted by Crippen LogP contribution is -2.34. The van der Waals surface area contributed by atoms with E-state index in [-0.39, 0.29) is 5.75 Å². The smallest absolute Gasteiger partial charge is 0.257 e. The molecule has 1 aliphatic heterocycles. The third kappa shape index (κ3) is 8.50.